The molecule has 0 bridgehead atoms. The molecule has 0 spiro atoms. The summed E-state index contributed by atoms with van der Waals surface area (Å²) in [6.07, 6.45) is 0.983. The zero-order valence-electron chi connectivity index (χ0n) is 12.1. The van der Waals surface area contributed by atoms with Gasteiger partial charge in [0, 0.05) is 29.3 Å². The van der Waals surface area contributed by atoms with Gasteiger partial charge in [0.05, 0.1) is 6.54 Å². The van der Waals surface area contributed by atoms with Crippen LogP contribution in [0.3, 0.4) is 0 Å². The van der Waals surface area contributed by atoms with Crippen molar-refractivity contribution in [3.8, 4) is 0 Å². The van der Waals surface area contributed by atoms with Crippen LogP contribution in [-0.4, -0.2) is 32.1 Å². The lowest BCUT2D eigenvalue weighted by Gasteiger charge is -2.27. The molecule has 0 aromatic heterocycles. The van der Waals surface area contributed by atoms with Gasteiger partial charge < -0.3 is 15.5 Å². The molecule has 1 aromatic carbocycles. The van der Waals surface area contributed by atoms with E-state index < -0.39 is 0 Å². The summed E-state index contributed by atoms with van der Waals surface area (Å²) in [5.41, 5.74) is 2.38. The Morgan fingerprint density at radius 2 is 2.30 bits per heavy atom. The second-order valence-electron chi connectivity index (χ2n) is 5.11. The zero-order chi connectivity index (χ0) is 14.5. The molecule has 2 rings (SSSR count). The Morgan fingerprint density at radius 3 is 3.05 bits per heavy atom. The predicted octanol–water partition coefficient (Wildman–Crippen LogP) is 2.45. The quantitative estimate of drug-likeness (QED) is 0.885. The third-order valence-electron chi connectivity index (χ3n) is 3.57. The van der Waals surface area contributed by atoms with Crippen molar-refractivity contribution in [2.45, 2.75) is 26.3 Å². The minimum atomic E-state index is 0.104. The molecule has 1 unspecified atom stereocenters. The van der Waals surface area contributed by atoms with Crippen LogP contribution in [0.15, 0.2) is 22.7 Å². The van der Waals surface area contributed by atoms with Crippen molar-refractivity contribution < 1.29 is 4.79 Å². The third kappa shape index (κ3) is 3.73. The maximum atomic E-state index is 11.8. The lowest BCUT2D eigenvalue weighted by molar-refractivity contribution is -0.119. The van der Waals surface area contributed by atoms with Crippen molar-refractivity contribution in [3.63, 3.8) is 0 Å². The van der Waals surface area contributed by atoms with Gasteiger partial charge in [0.2, 0.25) is 5.91 Å². The molecular weight excluding hydrogens is 318 g/mol. The zero-order valence-corrected chi connectivity index (χ0v) is 13.7. The van der Waals surface area contributed by atoms with Gasteiger partial charge >= 0.3 is 0 Å². The maximum absolute atomic E-state index is 11.8. The number of amides is 1. The summed E-state index contributed by atoms with van der Waals surface area (Å²) in [4.78, 5) is 13.9. The maximum Gasteiger partial charge on any atom is 0.239 e. The van der Waals surface area contributed by atoms with Gasteiger partial charge in [0.1, 0.15) is 0 Å². The van der Waals surface area contributed by atoms with Crippen LogP contribution in [0, 0.1) is 0 Å². The average Bonchev–Trinajstić information content (AvgIpc) is 2.63. The monoisotopic (exact) mass is 339 g/mol. The molecular formula is C15H22BrN3O. The first-order valence-corrected chi connectivity index (χ1v) is 7.95. The van der Waals surface area contributed by atoms with Crippen LogP contribution in [0.2, 0.25) is 0 Å². The summed E-state index contributed by atoms with van der Waals surface area (Å²) in [5.74, 6) is 0.104. The van der Waals surface area contributed by atoms with Gasteiger partial charge in [0.25, 0.3) is 0 Å². The first-order chi connectivity index (χ1) is 9.61. The van der Waals surface area contributed by atoms with Crippen LogP contribution in [0.4, 0.5) is 5.69 Å². The minimum Gasteiger partial charge on any atom is -0.362 e. The van der Waals surface area contributed by atoms with Gasteiger partial charge in [-0.1, -0.05) is 22.9 Å². The molecule has 110 valence electrons. The molecule has 1 atom stereocenters. The van der Waals surface area contributed by atoms with E-state index >= 15 is 0 Å². The number of anilines is 1. The molecule has 1 saturated heterocycles. The summed E-state index contributed by atoms with van der Waals surface area (Å²) in [7, 11) is 0. The van der Waals surface area contributed by atoms with Crippen molar-refractivity contribution in [3.05, 3.63) is 28.2 Å². The standard InChI is InChI=1S/C15H22BrN3O/c1-3-17-11(2)13-9-12(16)5-6-14(13)19-8-4-7-18-15(20)10-19/h5-6,9,11,17H,3-4,7-8,10H2,1-2H3,(H,18,20). The van der Waals surface area contributed by atoms with E-state index in [0.29, 0.717) is 6.54 Å². The van der Waals surface area contributed by atoms with Crippen molar-refractivity contribution >= 4 is 27.5 Å². The van der Waals surface area contributed by atoms with Crippen molar-refractivity contribution in [2.75, 3.05) is 31.1 Å². The van der Waals surface area contributed by atoms with Crippen LogP contribution in [0.1, 0.15) is 31.9 Å². The molecule has 2 N–H and O–H groups in total. The highest BCUT2D eigenvalue weighted by Gasteiger charge is 2.19. The Morgan fingerprint density at radius 1 is 1.50 bits per heavy atom. The second-order valence-corrected chi connectivity index (χ2v) is 6.02. The fraction of sp³-hybridized carbons (Fsp3) is 0.533. The fourth-order valence-corrected chi connectivity index (χ4v) is 2.97. The Balaban J connectivity index is 2.31. The second kappa shape index (κ2) is 7.09. The van der Waals surface area contributed by atoms with Crippen LogP contribution >= 0.6 is 15.9 Å². The predicted molar refractivity (Wildman–Crippen MR) is 86.1 cm³/mol. The van der Waals surface area contributed by atoms with Crippen molar-refractivity contribution in [1.29, 1.82) is 0 Å². The highest BCUT2D eigenvalue weighted by molar-refractivity contribution is 9.10. The number of rotatable bonds is 4. The van der Waals surface area contributed by atoms with Crippen LogP contribution in [0.5, 0.6) is 0 Å². The average molecular weight is 340 g/mol. The molecule has 0 radical (unpaired) electrons. The normalized spacial score (nSPS) is 17.6. The Kier molecular flexibility index (Phi) is 5.43. The number of carbonyl (C=O) groups excluding carboxylic acids is 1. The number of nitrogens with one attached hydrogen (secondary N) is 2. The van der Waals surface area contributed by atoms with Gasteiger partial charge in [-0.25, -0.2) is 0 Å². The molecule has 1 heterocycles. The Labute approximate surface area is 129 Å². The fourth-order valence-electron chi connectivity index (χ4n) is 2.59. The van der Waals surface area contributed by atoms with Crippen molar-refractivity contribution in [1.82, 2.24) is 10.6 Å². The van der Waals surface area contributed by atoms with Gasteiger partial charge in [-0.05, 0) is 43.7 Å². The number of halogens is 1. The molecule has 5 heteroatoms. The van der Waals surface area contributed by atoms with Gasteiger partial charge in [-0.3, -0.25) is 4.79 Å². The first kappa shape index (κ1) is 15.3. The highest BCUT2D eigenvalue weighted by Crippen LogP contribution is 2.30. The molecule has 1 amide bonds. The van der Waals surface area contributed by atoms with E-state index in [9.17, 15) is 4.79 Å². The topological polar surface area (TPSA) is 44.4 Å². The summed E-state index contributed by atoms with van der Waals surface area (Å²) >= 11 is 3.54. The summed E-state index contributed by atoms with van der Waals surface area (Å²) in [5, 5.41) is 6.37. The van der Waals surface area contributed by atoms with Gasteiger partial charge in [0.15, 0.2) is 0 Å². The molecule has 1 fully saturated rings. The lowest BCUT2D eigenvalue weighted by atomic mass is 10.0. The molecule has 4 nitrogen and oxygen atoms in total. The van der Waals surface area contributed by atoms with E-state index in [1.165, 1.54) is 5.56 Å². The van der Waals surface area contributed by atoms with Gasteiger partial charge in [-0.15, -0.1) is 0 Å². The number of nitrogens with zero attached hydrogens (tertiary/aromatic N) is 1. The minimum absolute atomic E-state index is 0.104. The Hall–Kier alpha value is -1.07. The van der Waals surface area contributed by atoms with E-state index in [0.717, 1.165) is 36.2 Å². The summed E-state index contributed by atoms with van der Waals surface area (Å²) in [6.45, 7) is 7.30. The van der Waals surface area contributed by atoms with Crippen molar-refractivity contribution in [2.24, 2.45) is 0 Å². The van der Waals surface area contributed by atoms with E-state index in [-0.39, 0.29) is 11.9 Å². The van der Waals surface area contributed by atoms with Crippen LogP contribution < -0.4 is 15.5 Å². The molecule has 0 saturated carbocycles. The summed E-state index contributed by atoms with van der Waals surface area (Å²) in [6, 6.07) is 6.55. The number of benzene rings is 1. The number of hydrogen-bond donors (Lipinski definition) is 2. The van der Waals surface area contributed by atoms with E-state index in [1.54, 1.807) is 0 Å². The van der Waals surface area contributed by atoms with Crippen LogP contribution in [0.25, 0.3) is 0 Å². The molecule has 20 heavy (non-hydrogen) atoms. The number of carbonyl (C=O) groups is 1. The number of hydrogen-bond acceptors (Lipinski definition) is 3. The largest absolute Gasteiger partial charge is 0.362 e. The van der Waals surface area contributed by atoms with Gasteiger partial charge in [-0.2, -0.15) is 0 Å². The molecule has 1 aromatic rings. The summed E-state index contributed by atoms with van der Waals surface area (Å²) < 4.78 is 1.07. The molecule has 1 aliphatic rings. The highest BCUT2D eigenvalue weighted by atomic mass is 79.9. The van der Waals surface area contributed by atoms with Crippen LogP contribution in [-0.2, 0) is 4.79 Å². The van der Waals surface area contributed by atoms with E-state index in [4.69, 9.17) is 0 Å². The van der Waals surface area contributed by atoms with E-state index in [2.05, 4.69) is 57.4 Å². The molecule has 1 aliphatic heterocycles. The SMILES string of the molecule is CCNC(C)c1cc(Br)ccc1N1CCCNC(=O)C1. The smallest absolute Gasteiger partial charge is 0.239 e. The van der Waals surface area contributed by atoms with E-state index in [1.807, 2.05) is 6.07 Å². The third-order valence-corrected chi connectivity index (χ3v) is 4.06. The first-order valence-electron chi connectivity index (χ1n) is 7.16. The molecule has 0 aliphatic carbocycles. The lowest BCUT2D eigenvalue weighted by Crippen LogP contribution is -2.34. The Bertz CT molecular complexity index is 478.